The van der Waals surface area contributed by atoms with Crippen LogP contribution < -0.4 is 4.90 Å². The zero-order chi connectivity index (χ0) is 35.1. The van der Waals surface area contributed by atoms with Gasteiger partial charge in [0.25, 0.3) is 0 Å². The lowest BCUT2D eigenvalue weighted by Gasteiger charge is -2.26. The second kappa shape index (κ2) is 13.3. The number of aromatic nitrogens is 1. The van der Waals surface area contributed by atoms with Gasteiger partial charge >= 0.3 is 0 Å². The highest BCUT2D eigenvalue weighted by Gasteiger charge is 2.15. The molecule has 53 heavy (non-hydrogen) atoms. The molecule has 0 fully saturated rings. The number of thiophene rings is 2. The minimum absolute atomic E-state index is 0.984. The third-order valence-corrected chi connectivity index (χ3v) is 12.2. The number of hydrogen-bond donors (Lipinski definition) is 0. The second-order valence-electron chi connectivity index (χ2n) is 13.2. The van der Waals surface area contributed by atoms with E-state index < -0.39 is 0 Å². The Morgan fingerprint density at radius 3 is 1.26 bits per heavy atom. The fourth-order valence-electron chi connectivity index (χ4n) is 7.11. The van der Waals surface area contributed by atoms with Crippen LogP contribution in [0.1, 0.15) is 0 Å². The predicted octanol–water partition coefficient (Wildman–Crippen LogP) is 14.8. The van der Waals surface area contributed by atoms with Crippen molar-refractivity contribution in [2.75, 3.05) is 4.90 Å². The van der Waals surface area contributed by atoms with E-state index in [0.717, 1.165) is 39.2 Å². The van der Waals surface area contributed by atoms with Gasteiger partial charge in [0.05, 0.1) is 11.2 Å². The number of rotatable bonds is 7. The lowest BCUT2D eigenvalue weighted by molar-refractivity contribution is 1.28. The number of pyridine rings is 1. The maximum Gasteiger partial charge on any atom is 0.0709 e. The fourth-order valence-corrected chi connectivity index (χ4v) is 9.24. The van der Waals surface area contributed by atoms with Gasteiger partial charge in [0.15, 0.2) is 0 Å². The maximum atomic E-state index is 4.90. The molecular formula is C49H32N2S2. The lowest BCUT2D eigenvalue weighted by atomic mass is 10.0. The van der Waals surface area contributed by atoms with Gasteiger partial charge in [-0.1, -0.05) is 121 Å². The van der Waals surface area contributed by atoms with Gasteiger partial charge in [0, 0.05) is 47.2 Å². The third-order valence-electron chi connectivity index (χ3n) is 9.91. The molecule has 0 atom stereocenters. The first kappa shape index (κ1) is 31.4. The second-order valence-corrected chi connectivity index (χ2v) is 15.4. The fraction of sp³-hybridized carbons (Fsp3) is 0. The quantitative estimate of drug-likeness (QED) is 0.164. The molecule has 0 aliphatic carbocycles. The molecule has 2 nitrogen and oxygen atoms in total. The normalized spacial score (nSPS) is 11.4. The van der Waals surface area contributed by atoms with Crippen molar-refractivity contribution in [3.05, 3.63) is 194 Å². The van der Waals surface area contributed by atoms with Crippen molar-refractivity contribution in [3.8, 4) is 43.3 Å². The largest absolute Gasteiger partial charge is 0.311 e. The minimum Gasteiger partial charge on any atom is -0.311 e. The number of hydrogen-bond acceptors (Lipinski definition) is 4. The van der Waals surface area contributed by atoms with E-state index in [0.29, 0.717) is 0 Å². The average molecular weight is 713 g/mol. The molecule has 0 aliphatic heterocycles. The van der Waals surface area contributed by atoms with Gasteiger partial charge in [-0.25, -0.2) is 4.98 Å². The molecular weight excluding hydrogens is 681 g/mol. The van der Waals surface area contributed by atoms with E-state index in [1.807, 2.05) is 28.7 Å². The molecule has 0 aliphatic rings. The van der Waals surface area contributed by atoms with Crippen LogP contribution >= 0.6 is 22.7 Å². The summed E-state index contributed by atoms with van der Waals surface area (Å²) in [4.78, 5) is 9.81. The summed E-state index contributed by atoms with van der Waals surface area (Å²) in [5.41, 5.74) is 11.3. The first-order valence-corrected chi connectivity index (χ1v) is 19.4. The van der Waals surface area contributed by atoms with Crippen LogP contribution in [0.15, 0.2) is 194 Å². The molecule has 0 saturated carbocycles. The zero-order valence-electron chi connectivity index (χ0n) is 28.7. The van der Waals surface area contributed by atoms with Crippen LogP contribution in [0, 0.1) is 0 Å². The van der Waals surface area contributed by atoms with E-state index in [-0.39, 0.29) is 0 Å². The van der Waals surface area contributed by atoms with Gasteiger partial charge in [0.2, 0.25) is 0 Å². The monoisotopic (exact) mass is 712 g/mol. The van der Waals surface area contributed by atoms with Crippen LogP contribution in [0.25, 0.3) is 74.3 Å². The summed E-state index contributed by atoms with van der Waals surface area (Å²) >= 11 is 3.68. The van der Waals surface area contributed by atoms with E-state index >= 15 is 0 Å². The van der Waals surface area contributed by atoms with Gasteiger partial charge in [-0.3, -0.25) is 0 Å². The summed E-state index contributed by atoms with van der Waals surface area (Å²) in [5.74, 6) is 0. The molecule has 0 saturated heterocycles. The standard InChI is InChI=1S/C49H32N2S2/c1-4-10-44-35(7-1)23-30-45(50-44)36-15-13-33(14-16-36)34-17-24-41(25-18-34)51(42-26-19-37(20-27-42)48-31-39-8-2-5-11-46(39)52-48)43-28-21-38(22-29-43)49-32-40-9-3-6-12-47(40)53-49/h1-32H. The van der Waals surface area contributed by atoms with E-state index in [1.54, 1.807) is 0 Å². The molecule has 0 N–H and O–H groups in total. The van der Waals surface area contributed by atoms with Crippen LogP contribution in [-0.2, 0) is 0 Å². The summed E-state index contributed by atoms with van der Waals surface area (Å²) in [5, 5.41) is 3.73. The number of benzene rings is 7. The lowest BCUT2D eigenvalue weighted by Crippen LogP contribution is -2.09. The molecule has 7 aromatic carbocycles. The molecule has 0 unspecified atom stereocenters. The first-order chi connectivity index (χ1) is 26.2. The Morgan fingerprint density at radius 1 is 0.340 bits per heavy atom. The Morgan fingerprint density at radius 2 is 0.755 bits per heavy atom. The number of fused-ring (bicyclic) bond motifs is 3. The van der Waals surface area contributed by atoms with Gasteiger partial charge < -0.3 is 4.90 Å². The van der Waals surface area contributed by atoms with Crippen LogP contribution in [0.4, 0.5) is 17.1 Å². The summed E-state index contributed by atoms with van der Waals surface area (Å²) in [6, 6.07) is 69.9. The topological polar surface area (TPSA) is 16.1 Å². The third kappa shape index (κ3) is 6.08. The Labute approximate surface area is 316 Å². The zero-order valence-corrected chi connectivity index (χ0v) is 30.3. The Balaban J connectivity index is 0.975. The van der Waals surface area contributed by atoms with Gasteiger partial charge in [0.1, 0.15) is 0 Å². The van der Waals surface area contributed by atoms with E-state index in [2.05, 4.69) is 193 Å². The van der Waals surface area contributed by atoms with Crippen LogP contribution in [0.2, 0.25) is 0 Å². The molecule has 0 radical (unpaired) electrons. The van der Waals surface area contributed by atoms with Crippen molar-refractivity contribution in [2.45, 2.75) is 0 Å². The predicted molar refractivity (Wildman–Crippen MR) is 229 cm³/mol. The van der Waals surface area contributed by atoms with Crippen LogP contribution in [0.3, 0.4) is 0 Å². The summed E-state index contributed by atoms with van der Waals surface area (Å²) < 4.78 is 2.62. The summed E-state index contributed by atoms with van der Waals surface area (Å²) in [7, 11) is 0. The molecule has 10 aromatic rings. The molecule has 0 spiro atoms. The van der Waals surface area contributed by atoms with Crippen molar-refractivity contribution in [1.29, 1.82) is 0 Å². The Bertz CT molecular complexity index is 2680. The minimum atomic E-state index is 0.984. The molecule has 10 rings (SSSR count). The molecule has 3 heterocycles. The molecule has 0 bridgehead atoms. The van der Waals surface area contributed by atoms with Gasteiger partial charge in [-0.15, -0.1) is 22.7 Å². The highest BCUT2D eigenvalue weighted by atomic mass is 32.1. The number of nitrogens with zero attached hydrogens (tertiary/aromatic N) is 2. The van der Waals surface area contributed by atoms with Crippen molar-refractivity contribution >= 4 is 70.8 Å². The Kier molecular flexibility index (Phi) is 7.90. The van der Waals surface area contributed by atoms with Crippen LogP contribution in [0.5, 0.6) is 0 Å². The summed E-state index contributed by atoms with van der Waals surface area (Å²) in [6.07, 6.45) is 0. The van der Waals surface area contributed by atoms with E-state index in [1.165, 1.54) is 52.2 Å². The first-order valence-electron chi connectivity index (χ1n) is 17.8. The molecule has 0 amide bonds. The maximum absolute atomic E-state index is 4.90. The van der Waals surface area contributed by atoms with Crippen molar-refractivity contribution in [2.24, 2.45) is 0 Å². The van der Waals surface area contributed by atoms with E-state index in [9.17, 15) is 0 Å². The van der Waals surface area contributed by atoms with Gasteiger partial charge in [-0.2, -0.15) is 0 Å². The Hall–Kier alpha value is -6.33. The highest BCUT2D eigenvalue weighted by molar-refractivity contribution is 7.22. The smallest absolute Gasteiger partial charge is 0.0709 e. The number of para-hydroxylation sites is 1. The molecule has 250 valence electrons. The average Bonchev–Trinajstić information content (AvgIpc) is 3.87. The van der Waals surface area contributed by atoms with Crippen molar-refractivity contribution in [1.82, 2.24) is 4.98 Å². The summed E-state index contributed by atoms with van der Waals surface area (Å²) in [6.45, 7) is 0. The highest BCUT2D eigenvalue weighted by Crippen LogP contribution is 2.40. The SMILES string of the molecule is c1ccc2nc(-c3ccc(-c4ccc(N(c5ccc(-c6cc7ccccc7s6)cc5)c5ccc(-c6cc7ccccc7s6)cc5)cc4)cc3)ccc2c1. The van der Waals surface area contributed by atoms with Crippen LogP contribution in [-0.4, -0.2) is 4.98 Å². The number of anilines is 3. The van der Waals surface area contributed by atoms with E-state index in [4.69, 9.17) is 4.98 Å². The molecule has 3 aromatic heterocycles. The van der Waals surface area contributed by atoms with Gasteiger partial charge in [-0.05, 0) is 106 Å². The van der Waals surface area contributed by atoms with Crippen molar-refractivity contribution in [3.63, 3.8) is 0 Å². The van der Waals surface area contributed by atoms with Crippen molar-refractivity contribution < 1.29 is 0 Å². The molecule has 4 heteroatoms.